The van der Waals surface area contributed by atoms with E-state index in [2.05, 4.69) is 68.5 Å². The molecule has 1 atom stereocenters. The molecule has 0 aromatic carbocycles. The molecular formula is C34H56O5. The molecule has 0 radical (unpaired) electrons. The minimum atomic E-state index is -0.812. The smallest absolute Gasteiger partial charge is 0.306 e. The Morgan fingerprint density at radius 1 is 0.615 bits per heavy atom. The van der Waals surface area contributed by atoms with Gasteiger partial charge in [0.25, 0.3) is 0 Å². The van der Waals surface area contributed by atoms with Crippen LogP contribution < -0.4 is 0 Å². The van der Waals surface area contributed by atoms with E-state index in [0.717, 1.165) is 51.4 Å². The quantitative estimate of drug-likeness (QED) is 0.0669. The number of allylic oxidation sites excluding steroid dienone is 10. The van der Waals surface area contributed by atoms with Crippen LogP contribution in [0.2, 0.25) is 0 Å². The Labute approximate surface area is 239 Å². The summed E-state index contributed by atoms with van der Waals surface area (Å²) in [5, 5.41) is 9.46. The molecule has 1 unspecified atom stereocenters. The zero-order valence-electron chi connectivity index (χ0n) is 24.9. The Morgan fingerprint density at radius 3 is 1.77 bits per heavy atom. The first kappa shape index (κ1) is 36.6. The molecule has 0 aromatic heterocycles. The molecule has 0 spiro atoms. The van der Waals surface area contributed by atoms with Gasteiger partial charge in [0, 0.05) is 12.8 Å². The molecule has 0 fully saturated rings. The van der Waals surface area contributed by atoms with E-state index in [1.807, 2.05) is 6.08 Å². The second-order valence-electron chi connectivity index (χ2n) is 9.79. The van der Waals surface area contributed by atoms with Crippen molar-refractivity contribution < 1.29 is 24.2 Å². The largest absolute Gasteiger partial charge is 0.462 e. The number of hydrogen-bond acceptors (Lipinski definition) is 5. The predicted octanol–water partition coefficient (Wildman–Crippen LogP) is 8.89. The highest BCUT2D eigenvalue weighted by molar-refractivity contribution is 5.70. The van der Waals surface area contributed by atoms with Crippen molar-refractivity contribution in [3.63, 3.8) is 0 Å². The lowest BCUT2D eigenvalue weighted by atomic mass is 10.1. The van der Waals surface area contributed by atoms with Gasteiger partial charge in [-0.15, -0.1) is 0 Å². The molecule has 0 aromatic rings. The molecule has 39 heavy (non-hydrogen) atoms. The van der Waals surface area contributed by atoms with Crippen molar-refractivity contribution in [2.45, 2.75) is 129 Å². The van der Waals surface area contributed by atoms with Crippen molar-refractivity contribution in [3.05, 3.63) is 60.8 Å². The third kappa shape index (κ3) is 28.4. The van der Waals surface area contributed by atoms with Gasteiger partial charge in [0.05, 0.1) is 6.61 Å². The van der Waals surface area contributed by atoms with Crippen molar-refractivity contribution in [3.8, 4) is 0 Å². The van der Waals surface area contributed by atoms with Crippen molar-refractivity contribution in [1.29, 1.82) is 0 Å². The summed E-state index contributed by atoms with van der Waals surface area (Å²) >= 11 is 0. The number of carbonyl (C=O) groups excluding carboxylic acids is 2. The second kappa shape index (κ2) is 30.1. The van der Waals surface area contributed by atoms with Gasteiger partial charge in [0.2, 0.25) is 0 Å². The van der Waals surface area contributed by atoms with Crippen LogP contribution in [0.1, 0.15) is 123 Å². The summed E-state index contributed by atoms with van der Waals surface area (Å²) in [6.45, 7) is 3.89. The maximum absolute atomic E-state index is 12.0. The SMILES string of the molecule is CC/C=C/C/C=C/C/C=C/CCCCC(=O)OC(CO)COC(=O)CC/C=C/C/C=C/CCCCCCCC. The van der Waals surface area contributed by atoms with Gasteiger partial charge in [-0.2, -0.15) is 0 Å². The number of unbranched alkanes of at least 4 members (excludes halogenated alkanes) is 8. The molecule has 0 rings (SSSR count). The molecule has 0 aliphatic heterocycles. The van der Waals surface area contributed by atoms with Crippen LogP contribution in [0.15, 0.2) is 60.8 Å². The van der Waals surface area contributed by atoms with Crippen LogP contribution >= 0.6 is 0 Å². The lowest BCUT2D eigenvalue weighted by Crippen LogP contribution is -2.28. The first-order valence-electron chi connectivity index (χ1n) is 15.3. The molecule has 5 heteroatoms. The van der Waals surface area contributed by atoms with E-state index in [9.17, 15) is 14.7 Å². The molecular weight excluding hydrogens is 488 g/mol. The second-order valence-corrected chi connectivity index (χ2v) is 9.79. The fourth-order valence-electron chi connectivity index (χ4n) is 3.74. The average Bonchev–Trinajstić information content (AvgIpc) is 2.94. The third-order valence-corrected chi connectivity index (χ3v) is 6.06. The molecule has 0 amide bonds. The van der Waals surface area contributed by atoms with Gasteiger partial charge in [0.1, 0.15) is 6.61 Å². The summed E-state index contributed by atoms with van der Waals surface area (Å²) in [6, 6.07) is 0. The summed E-state index contributed by atoms with van der Waals surface area (Å²) in [5.74, 6) is -0.726. The fraction of sp³-hybridized carbons (Fsp3) is 0.647. The predicted molar refractivity (Wildman–Crippen MR) is 163 cm³/mol. The highest BCUT2D eigenvalue weighted by Crippen LogP contribution is 2.08. The van der Waals surface area contributed by atoms with E-state index in [-0.39, 0.29) is 31.6 Å². The Hall–Kier alpha value is -2.40. The highest BCUT2D eigenvalue weighted by atomic mass is 16.6. The molecule has 0 saturated heterocycles. The van der Waals surface area contributed by atoms with E-state index < -0.39 is 6.10 Å². The minimum absolute atomic E-state index is 0.115. The Bertz CT molecular complexity index is 717. The summed E-state index contributed by atoms with van der Waals surface area (Å²) in [6.07, 6.45) is 37.2. The van der Waals surface area contributed by atoms with Gasteiger partial charge in [0.15, 0.2) is 6.10 Å². The van der Waals surface area contributed by atoms with E-state index in [1.165, 1.54) is 38.5 Å². The Morgan fingerprint density at radius 2 is 1.15 bits per heavy atom. The van der Waals surface area contributed by atoms with Crippen LogP contribution in [0.5, 0.6) is 0 Å². The number of aliphatic hydroxyl groups excluding tert-OH is 1. The lowest BCUT2D eigenvalue weighted by Gasteiger charge is -2.15. The topological polar surface area (TPSA) is 72.8 Å². The van der Waals surface area contributed by atoms with Gasteiger partial charge in [-0.1, -0.05) is 107 Å². The Balaban J connectivity index is 3.78. The minimum Gasteiger partial charge on any atom is -0.462 e. The number of rotatable bonds is 26. The van der Waals surface area contributed by atoms with Crippen molar-refractivity contribution >= 4 is 11.9 Å². The zero-order chi connectivity index (χ0) is 28.7. The van der Waals surface area contributed by atoms with Crippen LogP contribution in [-0.4, -0.2) is 36.4 Å². The van der Waals surface area contributed by atoms with Crippen molar-refractivity contribution in [1.82, 2.24) is 0 Å². The van der Waals surface area contributed by atoms with Gasteiger partial charge in [-0.05, 0) is 64.2 Å². The first-order valence-corrected chi connectivity index (χ1v) is 15.3. The first-order chi connectivity index (χ1) is 19.1. The van der Waals surface area contributed by atoms with Crippen molar-refractivity contribution in [2.24, 2.45) is 0 Å². The third-order valence-electron chi connectivity index (χ3n) is 6.06. The number of esters is 2. The van der Waals surface area contributed by atoms with Gasteiger partial charge >= 0.3 is 11.9 Å². The molecule has 1 N–H and O–H groups in total. The normalized spacial score (nSPS) is 13.0. The molecule has 5 nitrogen and oxygen atoms in total. The maximum atomic E-state index is 12.0. The highest BCUT2D eigenvalue weighted by Gasteiger charge is 2.15. The van der Waals surface area contributed by atoms with Crippen LogP contribution in [0.3, 0.4) is 0 Å². The summed E-state index contributed by atoms with van der Waals surface area (Å²) in [5.41, 5.74) is 0. The van der Waals surface area contributed by atoms with Crippen LogP contribution in [0.4, 0.5) is 0 Å². The molecule has 0 bridgehead atoms. The standard InChI is InChI=1S/C34H56O5/c1-3-5-7-9-11-13-15-17-19-20-22-24-26-28-33(36)38-31-32(30-35)39-34(37)29-27-25-23-21-18-16-14-12-10-8-6-4-2/h6,8,12,14,17-19,21-22,24,32,35H,3-5,7,9-11,13,15-16,20,23,25-31H2,1-2H3/b8-6+,14-12+,19-17+,21-18+,24-22+. The summed E-state index contributed by atoms with van der Waals surface area (Å²) < 4.78 is 10.4. The van der Waals surface area contributed by atoms with E-state index >= 15 is 0 Å². The number of aliphatic hydroxyl groups is 1. The monoisotopic (exact) mass is 544 g/mol. The van der Waals surface area contributed by atoms with Gasteiger partial charge in [-0.3, -0.25) is 9.59 Å². The Kier molecular flexibility index (Phi) is 28.3. The van der Waals surface area contributed by atoms with Crippen LogP contribution in [0.25, 0.3) is 0 Å². The average molecular weight is 545 g/mol. The molecule has 222 valence electrons. The molecule has 0 aliphatic rings. The van der Waals surface area contributed by atoms with E-state index in [0.29, 0.717) is 12.8 Å². The van der Waals surface area contributed by atoms with Crippen LogP contribution in [-0.2, 0) is 19.1 Å². The van der Waals surface area contributed by atoms with E-state index in [1.54, 1.807) is 0 Å². The maximum Gasteiger partial charge on any atom is 0.306 e. The molecule has 0 saturated carbocycles. The van der Waals surface area contributed by atoms with Gasteiger partial charge in [-0.25, -0.2) is 0 Å². The fourth-order valence-corrected chi connectivity index (χ4v) is 3.74. The van der Waals surface area contributed by atoms with E-state index in [4.69, 9.17) is 9.47 Å². The number of hydrogen-bond donors (Lipinski definition) is 1. The number of carbonyl (C=O) groups is 2. The number of ether oxygens (including phenoxy) is 2. The molecule has 0 aliphatic carbocycles. The lowest BCUT2D eigenvalue weighted by molar-refractivity contribution is -0.161. The summed E-state index contributed by atoms with van der Waals surface area (Å²) in [4.78, 5) is 24.0. The zero-order valence-corrected chi connectivity index (χ0v) is 24.9. The van der Waals surface area contributed by atoms with Crippen molar-refractivity contribution in [2.75, 3.05) is 13.2 Å². The van der Waals surface area contributed by atoms with Gasteiger partial charge < -0.3 is 14.6 Å². The summed E-state index contributed by atoms with van der Waals surface area (Å²) in [7, 11) is 0. The van der Waals surface area contributed by atoms with Crippen LogP contribution in [0, 0.1) is 0 Å². The molecule has 0 heterocycles.